The van der Waals surface area contributed by atoms with Crippen LogP contribution in [0.15, 0.2) is 54.7 Å². The van der Waals surface area contributed by atoms with Gasteiger partial charge in [0.15, 0.2) is 11.6 Å². The molecule has 0 bridgehead atoms. The number of rotatable bonds is 4. The number of ether oxygens (including phenoxy) is 1. The highest BCUT2D eigenvalue weighted by Gasteiger charge is 2.22. The van der Waals surface area contributed by atoms with Gasteiger partial charge in [-0.25, -0.2) is 18.4 Å². The Hall–Kier alpha value is -3.79. The van der Waals surface area contributed by atoms with Gasteiger partial charge in [0.25, 0.3) is 0 Å². The maximum atomic E-state index is 14.4. The number of methoxy groups -OCH3 is 1. The molecule has 28 heavy (non-hydrogen) atoms. The Morgan fingerprint density at radius 3 is 2.57 bits per heavy atom. The van der Waals surface area contributed by atoms with Gasteiger partial charge in [0.2, 0.25) is 5.88 Å². The van der Waals surface area contributed by atoms with Crippen LogP contribution in [-0.4, -0.2) is 21.9 Å². The van der Waals surface area contributed by atoms with Gasteiger partial charge < -0.3 is 4.74 Å². The number of halogens is 2. The Labute approximate surface area is 159 Å². The predicted molar refractivity (Wildman–Crippen MR) is 100 cm³/mol. The Kier molecular flexibility index (Phi) is 4.45. The van der Waals surface area contributed by atoms with Crippen molar-refractivity contribution in [1.29, 1.82) is 5.26 Å². The molecule has 0 N–H and O–H groups in total. The third-order valence-corrected chi connectivity index (χ3v) is 4.39. The minimum atomic E-state index is -0.732. The zero-order valence-electron chi connectivity index (χ0n) is 14.9. The van der Waals surface area contributed by atoms with Crippen molar-refractivity contribution >= 4 is 10.9 Å². The van der Waals surface area contributed by atoms with E-state index in [1.807, 2.05) is 18.2 Å². The standard InChI is InChI=1S/C21H14F2N4O/c1-28-21-18-17(9-11-25-21)27(20-15(22)6-3-7-16(20)23)26-19(18)14-5-2-4-13(12-14)8-10-24/h2-7,9,11-12H,8H2,1H3. The molecule has 138 valence electrons. The van der Waals surface area contributed by atoms with Crippen LogP contribution in [0.5, 0.6) is 5.88 Å². The number of nitriles is 1. The summed E-state index contributed by atoms with van der Waals surface area (Å²) >= 11 is 0. The van der Waals surface area contributed by atoms with Crippen LogP contribution in [0.3, 0.4) is 0 Å². The Bertz CT molecular complexity index is 1210. The summed E-state index contributed by atoms with van der Waals surface area (Å²) in [5.41, 5.74) is 2.14. The second-order valence-electron chi connectivity index (χ2n) is 6.08. The molecular weight excluding hydrogens is 362 g/mol. The van der Waals surface area contributed by atoms with E-state index < -0.39 is 11.6 Å². The van der Waals surface area contributed by atoms with Gasteiger partial charge in [-0.3, -0.25) is 0 Å². The second kappa shape index (κ2) is 7.08. The molecule has 5 nitrogen and oxygen atoms in total. The summed E-state index contributed by atoms with van der Waals surface area (Å²) in [6, 6.07) is 14.7. The zero-order valence-corrected chi connectivity index (χ0v) is 14.9. The Morgan fingerprint density at radius 1 is 1.11 bits per heavy atom. The fraction of sp³-hybridized carbons (Fsp3) is 0.0952. The number of para-hydroxylation sites is 1. The molecule has 0 radical (unpaired) electrons. The van der Waals surface area contributed by atoms with Crippen LogP contribution in [0.2, 0.25) is 0 Å². The quantitative estimate of drug-likeness (QED) is 0.528. The third kappa shape index (κ3) is 2.85. The molecule has 4 aromatic rings. The van der Waals surface area contributed by atoms with Gasteiger partial charge in [0.05, 0.1) is 30.5 Å². The second-order valence-corrected chi connectivity index (χ2v) is 6.08. The zero-order chi connectivity index (χ0) is 19.7. The summed E-state index contributed by atoms with van der Waals surface area (Å²) < 4.78 is 35.5. The number of nitrogens with zero attached hydrogens (tertiary/aromatic N) is 4. The maximum Gasteiger partial charge on any atom is 0.224 e. The van der Waals surface area contributed by atoms with Gasteiger partial charge in [-0.1, -0.05) is 24.3 Å². The summed E-state index contributed by atoms with van der Waals surface area (Å²) in [7, 11) is 1.47. The molecule has 0 amide bonds. The molecule has 4 rings (SSSR count). The van der Waals surface area contributed by atoms with Gasteiger partial charge in [0, 0.05) is 11.8 Å². The molecule has 0 unspecified atom stereocenters. The van der Waals surface area contributed by atoms with Crippen molar-refractivity contribution in [2.75, 3.05) is 7.11 Å². The van der Waals surface area contributed by atoms with Crippen LogP contribution in [-0.2, 0) is 6.42 Å². The van der Waals surface area contributed by atoms with Crippen LogP contribution < -0.4 is 4.74 Å². The number of pyridine rings is 1. The molecule has 0 saturated heterocycles. The van der Waals surface area contributed by atoms with Crippen molar-refractivity contribution in [1.82, 2.24) is 14.8 Å². The van der Waals surface area contributed by atoms with E-state index in [4.69, 9.17) is 10.00 Å². The van der Waals surface area contributed by atoms with Crippen molar-refractivity contribution < 1.29 is 13.5 Å². The van der Waals surface area contributed by atoms with Crippen LogP contribution in [0.25, 0.3) is 27.8 Å². The van der Waals surface area contributed by atoms with Crippen molar-refractivity contribution in [3.63, 3.8) is 0 Å². The molecule has 7 heteroatoms. The van der Waals surface area contributed by atoms with E-state index in [0.29, 0.717) is 28.0 Å². The van der Waals surface area contributed by atoms with Crippen LogP contribution >= 0.6 is 0 Å². The normalized spacial score (nSPS) is 10.8. The lowest BCUT2D eigenvalue weighted by molar-refractivity contribution is 0.403. The summed E-state index contributed by atoms with van der Waals surface area (Å²) in [5, 5.41) is 14.0. The highest BCUT2D eigenvalue weighted by molar-refractivity contribution is 5.97. The molecule has 2 heterocycles. The van der Waals surface area contributed by atoms with Gasteiger partial charge in [0.1, 0.15) is 11.4 Å². The number of fused-ring (bicyclic) bond motifs is 1. The molecule has 0 aliphatic rings. The van der Waals surface area contributed by atoms with E-state index in [9.17, 15) is 8.78 Å². The first-order chi connectivity index (χ1) is 13.6. The molecule has 2 aromatic carbocycles. The van der Waals surface area contributed by atoms with Crippen molar-refractivity contribution in [2.24, 2.45) is 0 Å². The highest BCUT2D eigenvalue weighted by Crippen LogP contribution is 2.36. The van der Waals surface area contributed by atoms with E-state index in [2.05, 4.69) is 16.2 Å². The number of benzene rings is 2. The average Bonchev–Trinajstić information content (AvgIpc) is 3.08. The predicted octanol–water partition coefficient (Wildman–Crippen LogP) is 4.44. The number of hydrogen-bond acceptors (Lipinski definition) is 4. The summed E-state index contributed by atoms with van der Waals surface area (Å²) in [5.74, 6) is -1.17. The van der Waals surface area contributed by atoms with E-state index in [-0.39, 0.29) is 12.1 Å². The largest absolute Gasteiger partial charge is 0.480 e. The summed E-state index contributed by atoms with van der Waals surface area (Å²) in [6.07, 6.45) is 1.73. The number of aromatic nitrogens is 3. The monoisotopic (exact) mass is 376 g/mol. The van der Waals surface area contributed by atoms with Crippen molar-refractivity contribution in [3.05, 3.63) is 71.9 Å². The molecule has 0 atom stereocenters. The molecule has 0 aliphatic carbocycles. The molecule has 2 aromatic heterocycles. The van der Waals surface area contributed by atoms with Crippen LogP contribution in [0.4, 0.5) is 8.78 Å². The van der Waals surface area contributed by atoms with Crippen LogP contribution in [0, 0.1) is 23.0 Å². The fourth-order valence-electron chi connectivity index (χ4n) is 3.17. The Balaban J connectivity index is 2.06. The van der Waals surface area contributed by atoms with Crippen molar-refractivity contribution in [3.8, 4) is 28.9 Å². The van der Waals surface area contributed by atoms with Gasteiger partial charge in [-0.2, -0.15) is 10.4 Å². The minimum Gasteiger partial charge on any atom is -0.480 e. The first kappa shape index (κ1) is 17.6. The van der Waals surface area contributed by atoms with Crippen molar-refractivity contribution in [2.45, 2.75) is 6.42 Å². The van der Waals surface area contributed by atoms with E-state index in [1.54, 1.807) is 12.1 Å². The lowest BCUT2D eigenvalue weighted by Crippen LogP contribution is -2.03. The molecular formula is C21H14F2N4O. The fourth-order valence-corrected chi connectivity index (χ4v) is 3.17. The molecule has 0 fully saturated rings. The van der Waals surface area contributed by atoms with Gasteiger partial charge in [-0.15, -0.1) is 0 Å². The first-order valence-corrected chi connectivity index (χ1v) is 8.46. The molecule has 0 saturated carbocycles. The molecule has 0 aliphatic heterocycles. The Morgan fingerprint density at radius 2 is 1.86 bits per heavy atom. The average molecular weight is 376 g/mol. The first-order valence-electron chi connectivity index (χ1n) is 8.46. The SMILES string of the molecule is COc1nccc2c1c(-c1cccc(CC#N)c1)nn2-c1c(F)cccc1F. The van der Waals surface area contributed by atoms with E-state index in [1.165, 1.54) is 36.2 Å². The maximum absolute atomic E-state index is 14.4. The van der Waals surface area contributed by atoms with E-state index >= 15 is 0 Å². The highest BCUT2D eigenvalue weighted by atomic mass is 19.1. The summed E-state index contributed by atoms with van der Waals surface area (Å²) in [4.78, 5) is 4.21. The number of hydrogen-bond donors (Lipinski definition) is 0. The van der Waals surface area contributed by atoms with Gasteiger partial charge >= 0.3 is 0 Å². The lowest BCUT2D eigenvalue weighted by Gasteiger charge is -2.06. The van der Waals surface area contributed by atoms with Crippen LogP contribution in [0.1, 0.15) is 5.56 Å². The van der Waals surface area contributed by atoms with E-state index in [0.717, 1.165) is 5.56 Å². The molecule has 0 spiro atoms. The smallest absolute Gasteiger partial charge is 0.224 e. The van der Waals surface area contributed by atoms with Gasteiger partial charge in [-0.05, 0) is 29.8 Å². The topological polar surface area (TPSA) is 63.7 Å². The minimum absolute atomic E-state index is 0.240. The lowest BCUT2D eigenvalue weighted by atomic mass is 10.0. The third-order valence-electron chi connectivity index (χ3n) is 4.39. The summed E-state index contributed by atoms with van der Waals surface area (Å²) in [6.45, 7) is 0.